The number of aliphatic carboxylic acids is 1. The monoisotopic (exact) mass is 567 g/mol. The van der Waals surface area contributed by atoms with Crippen LogP contribution < -0.4 is 20.9 Å². The predicted molar refractivity (Wildman–Crippen MR) is 137 cm³/mol. The van der Waals surface area contributed by atoms with Crippen LogP contribution in [0.4, 0.5) is 23.7 Å². The summed E-state index contributed by atoms with van der Waals surface area (Å²) < 4.78 is 46.3. The molecule has 0 radical (unpaired) electrons. The quantitative estimate of drug-likeness (QED) is 0.277. The number of hydrogen-bond acceptors (Lipinski definition) is 5. The molecule has 0 aliphatic rings. The third kappa shape index (κ3) is 7.23. The van der Waals surface area contributed by atoms with Crippen LogP contribution in [-0.2, 0) is 17.5 Å². The van der Waals surface area contributed by atoms with E-state index in [-0.39, 0.29) is 17.7 Å². The highest BCUT2D eigenvalue weighted by atomic mass is 35.5. The number of aromatic nitrogens is 1. The van der Waals surface area contributed by atoms with Crippen molar-refractivity contribution in [2.24, 2.45) is 0 Å². The van der Waals surface area contributed by atoms with Gasteiger partial charge >= 0.3 is 18.2 Å². The van der Waals surface area contributed by atoms with Crippen molar-refractivity contribution in [3.05, 3.63) is 86.3 Å². The molecule has 208 valence electrons. The molecule has 0 saturated heterocycles. The van der Waals surface area contributed by atoms with Crippen LogP contribution in [0.15, 0.2) is 53.5 Å². The van der Waals surface area contributed by atoms with Gasteiger partial charge in [-0.05, 0) is 43.7 Å². The molecule has 1 atom stereocenters. The van der Waals surface area contributed by atoms with Crippen LogP contribution >= 0.6 is 11.6 Å². The van der Waals surface area contributed by atoms with Gasteiger partial charge in [-0.25, -0.2) is 4.79 Å². The molecule has 13 heteroatoms. The molecule has 3 aromatic rings. The summed E-state index contributed by atoms with van der Waals surface area (Å²) in [6, 6.07) is 6.33. The number of aryl methyl sites for hydroxylation is 1. The normalized spacial score (nSPS) is 12.1. The summed E-state index contributed by atoms with van der Waals surface area (Å²) >= 11 is 6.32. The van der Waals surface area contributed by atoms with E-state index < -0.39 is 53.2 Å². The average Bonchev–Trinajstić information content (AvgIpc) is 2.86. The molecule has 0 unspecified atom stereocenters. The zero-order valence-corrected chi connectivity index (χ0v) is 21.6. The first-order valence-electron chi connectivity index (χ1n) is 11.6. The van der Waals surface area contributed by atoms with Crippen molar-refractivity contribution in [2.45, 2.75) is 39.0 Å². The van der Waals surface area contributed by atoms with Crippen LogP contribution in [0.25, 0.3) is 0 Å². The van der Waals surface area contributed by atoms with Crippen LogP contribution in [0, 0.1) is 6.92 Å². The molecule has 4 N–H and O–H groups in total. The fraction of sp³-hybridized carbons (Fsp3) is 0.269. The number of halogens is 4. The molecule has 0 fully saturated rings. The number of ether oxygens (including phenoxy) is 1. The Morgan fingerprint density at radius 1 is 1.18 bits per heavy atom. The standard InChI is InChI=1S/C26H25ClF3N3O6/c1-3-39-20-9-5-8-18(27)17(20)13-33-12-14(2)23(36)22(24(33)37)32-25(38)31-19(11-21(34)35)15-6-4-7-16(10-15)26(28,29)30/h4-10,12,19,36H,3,11,13H2,1-2H3,(H,34,35)(H2,31,32,38)/t19-/m0/s1. The number of carbonyl (C=O) groups is 2. The first kappa shape index (κ1) is 29.4. The van der Waals surface area contributed by atoms with Gasteiger partial charge in [0, 0.05) is 22.3 Å². The van der Waals surface area contributed by atoms with Gasteiger partial charge in [-0.1, -0.05) is 29.8 Å². The summed E-state index contributed by atoms with van der Waals surface area (Å²) in [5, 5.41) is 24.6. The van der Waals surface area contributed by atoms with Crippen molar-refractivity contribution in [2.75, 3.05) is 11.9 Å². The Balaban J connectivity index is 1.92. The topological polar surface area (TPSA) is 130 Å². The number of carbonyl (C=O) groups excluding carboxylic acids is 1. The third-order valence-electron chi connectivity index (χ3n) is 5.68. The number of aromatic hydroxyl groups is 1. The smallest absolute Gasteiger partial charge is 0.416 e. The molecule has 0 bridgehead atoms. The van der Waals surface area contributed by atoms with E-state index in [1.54, 1.807) is 25.1 Å². The lowest BCUT2D eigenvalue weighted by molar-refractivity contribution is -0.138. The van der Waals surface area contributed by atoms with E-state index in [0.717, 1.165) is 18.2 Å². The van der Waals surface area contributed by atoms with Crippen molar-refractivity contribution in [3.8, 4) is 11.5 Å². The van der Waals surface area contributed by atoms with Crippen LogP contribution in [0.2, 0.25) is 5.02 Å². The minimum Gasteiger partial charge on any atom is -0.505 e. The molecule has 39 heavy (non-hydrogen) atoms. The number of urea groups is 1. The maximum absolute atomic E-state index is 13.2. The average molecular weight is 568 g/mol. The summed E-state index contributed by atoms with van der Waals surface area (Å²) in [5.74, 6) is -1.49. The van der Waals surface area contributed by atoms with E-state index in [1.807, 2.05) is 0 Å². The summed E-state index contributed by atoms with van der Waals surface area (Å²) in [6.45, 7) is 3.53. The summed E-state index contributed by atoms with van der Waals surface area (Å²) in [6.07, 6.45) is -4.07. The number of alkyl halides is 3. The number of amides is 2. The first-order valence-corrected chi connectivity index (χ1v) is 12.0. The predicted octanol–water partition coefficient (Wildman–Crippen LogP) is 5.32. The number of rotatable bonds is 9. The van der Waals surface area contributed by atoms with Crippen molar-refractivity contribution in [1.29, 1.82) is 0 Å². The molecular weight excluding hydrogens is 543 g/mol. The minimum atomic E-state index is -4.69. The number of pyridine rings is 1. The van der Waals surface area contributed by atoms with E-state index in [9.17, 15) is 37.8 Å². The largest absolute Gasteiger partial charge is 0.505 e. The first-order chi connectivity index (χ1) is 18.3. The second-order valence-electron chi connectivity index (χ2n) is 8.49. The molecule has 0 saturated carbocycles. The fourth-order valence-electron chi connectivity index (χ4n) is 3.85. The number of carboxylic acid groups (broad SMARTS) is 1. The Morgan fingerprint density at radius 3 is 2.51 bits per heavy atom. The zero-order valence-electron chi connectivity index (χ0n) is 20.8. The highest BCUT2D eigenvalue weighted by Crippen LogP contribution is 2.32. The highest BCUT2D eigenvalue weighted by Gasteiger charge is 2.31. The third-order valence-corrected chi connectivity index (χ3v) is 6.03. The van der Waals surface area contributed by atoms with E-state index in [1.165, 1.54) is 23.8 Å². The molecule has 1 heterocycles. The Bertz CT molecular complexity index is 1440. The lowest BCUT2D eigenvalue weighted by Gasteiger charge is -2.20. The molecule has 0 aliphatic heterocycles. The Kier molecular flexibility index (Phi) is 9.12. The number of nitrogens with zero attached hydrogens (tertiary/aromatic N) is 1. The van der Waals surface area contributed by atoms with Gasteiger partial charge in [0.15, 0.2) is 5.69 Å². The van der Waals surface area contributed by atoms with Crippen molar-refractivity contribution in [1.82, 2.24) is 9.88 Å². The Hall–Kier alpha value is -4.19. The molecule has 0 spiro atoms. The highest BCUT2D eigenvalue weighted by molar-refractivity contribution is 6.31. The summed E-state index contributed by atoms with van der Waals surface area (Å²) in [7, 11) is 0. The van der Waals surface area contributed by atoms with Gasteiger partial charge in [-0.2, -0.15) is 13.2 Å². The van der Waals surface area contributed by atoms with Gasteiger partial charge in [0.2, 0.25) is 0 Å². The van der Waals surface area contributed by atoms with Crippen molar-refractivity contribution < 1.29 is 37.7 Å². The Morgan fingerprint density at radius 2 is 1.87 bits per heavy atom. The molecule has 9 nitrogen and oxygen atoms in total. The summed E-state index contributed by atoms with van der Waals surface area (Å²) in [5.41, 5.74) is -1.78. The molecule has 3 rings (SSSR count). The maximum atomic E-state index is 13.2. The SMILES string of the molecule is CCOc1cccc(Cl)c1Cn1cc(C)c(O)c(NC(=O)N[C@@H](CC(=O)O)c2cccc(C(F)(F)F)c2)c1=O. The maximum Gasteiger partial charge on any atom is 0.416 e. The second-order valence-corrected chi connectivity index (χ2v) is 8.90. The van der Waals surface area contributed by atoms with E-state index >= 15 is 0 Å². The van der Waals surface area contributed by atoms with Gasteiger partial charge in [-0.3, -0.25) is 9.59 Å². The number of anilines is 1. The molecule has 0 aliphatic carbocycles. The van der Waals surface area contributed by atoms with E-state index in [0.29, 0.717) is 22.9 Å². The lowest BCUT2D eigenvalue weighted by atomic mass is 10.0. The summed E-state index contributed by atoms with van der Waals surface area (Å²) in [4.78, 5) is 37.4. The van der Waals surface area contributed by atoms with Crippen LogP contribution in [0.3, 0.4) is 0 Å². The minimum absolute atomic E-state index is 0.0723. The molecule has 1 aromatic heterocycles. The van der Waals surface area contributed by atoms with E-state index in [4.69, 9.17) is 16.3 Å². The number of benzene rings is 2. The van der Waals surface area contributed by atoms with Crippen LogP contribution in [-0.4, -0.2) is 33.4 Å². The van der Waals surface area contributed by atoms with Gasteiger partial charge in [-0.15, -0.1) is 0 Å². The zero-order chi connectivity index (χ0) is 28.9. The number of hydrogen-bond donors (Lipinski definition) is 4. The van der Waals surface area contributed by atoms with Crippen LogP contribution in [0.5, 0.6) is 11.5 Å². The molecule has 2 amide bonds. The number of carboxylic acids is 1. The van der Waals surface area contributed by atoms with Crippen LogP contribution in [0.1, 0.15) is 41.6 Å². The van der Waals surface area contributed by atoms with Gasteiger partial charge in [0.1, 0.15) is 11.5 Å². The van der Waals surface area contributed by atoms with Crippen molar-refractivity contribution in [3.63, 3.8) is 0 Å². The Labute approximate surface area is 225 Å². The van der Waals surface area contributed by atoms with E-state index in [2.05, 4.69) is 10.6 Å². The van der Waals surface area contributed by atoms with Crippen molar-refractivity contribution >= 4 is 29.3 Å². The fourth-order valence-corrected chi connectivity index (χ4v) is 4.07. The number of nitrogens with one attached hydrogen (secondary N) is 2. The molecular formula is C26H25ClF3N3O6. The lowest BCUT2D eigenvalue weighted by Crippen LogP contribution is -2.36. The van der Waals surface area contributed by atoms with Gasteiger partial charge < -0.3 is 30.2 Å². The second kappa shape index (κ2) is 12.1. The molecule has 2 aromatic carbocycles. The van der Waals surface area contributed by atoms with Gasteiger partial charge in [0.05, 0.1) is 31.2 Å². The van der Waals surface area contributed by atoms with Gasteiger partial charge in [0.25, 0.3) is 5.56 Å².